The minimum atomic E-state index is -0.135. The first kappa shape index (κ1) is 24.9. The maximum absolute atomic E-state index is 12.1. The van der Waals surface area contributed by atoms with Gasteiger partial charge in [0.1, 0.15) is 5.15 Å². The summed E-state index contributed by atoms with van der Waals surface area (Å²) in [6.07, 6.45) is 0.271. The molecular weight excluding hydrogens is 535 g/mol. The van der Waals surface area contributed by atoms with Gasteiger partial charge in [-0.1, -0.05) is 40.9 Å². The minimum Gasteiger partial charge on any atom is -0.356 e. The van der Waals surface area contributed by atoms with Crippen LogP contribution in [0, 0.1) is 6.92 Å². The second-order valence-electron chi connectivity index (χ2n) is 5.97. The lowest BCUT2D eigenvalue weighted by Gasteiger charge is -2.13. The molecule has 0 fully saturated rings. The van der Waals surface area contributed by atoms with Crippen LogP contribution in [0.2, 0.25) is 15.2 Å². The summed E-state index contributed by atoms with van der Waals surface area (Å²) in [5, 5.41) is 10.6. The van der Waals surface area contributed by atoms with Crippen molar-refractivity contribution in [3.63, 3.8) is 0 Å². The van der Waals surface area contributed by atoms with Gasteiger partial charge in [0.15, 0.2) is 5.96 Å². The number of nitrogens with zero attached hydrogens (tertiary/aromatic N) is 2. The Kier molecular flexibility index (Phi) is 10.4. The zero-order valence-corrected chi connectivity index (χ0v) is 20.4. The third kappa shape index (κ3) is 7.02. The maximum Gasteiger partial charge on any atom is 0.226 e. The summed E-state index contributed by atoms with van der Waals surface area (Å²) in [4.78, 5) is 16.2. The van der Waals surface area contributed by atoms with E-state index in [1.807, 2.05) is 26.1 Å². The van der Waals surface area contributed by atoms with Crippen molar-refractivity contribution in [2.45, 2.75) is 19.9 Å². The van der Waals surface area contributed by atoms with Crippen molar-refractivity contribution >= 4 is 76.3 Å². The number of hydrogen-bond acceptors (Lipinski definition) is 2. The lowest BCUT2D eigenvalue weighted by Crippen LogP contribution is -2.38. The first-order chi connectivity index (χ1) is 12.8. The Morgan fingerprint density at radius 2 is 1.86 bits per heavy atom. The van der Waals surface area contributed by atoms with Crippen LogP contribution in [-0.4, -0.2) is 30.0 Å². The van der Waals surface area contributed by atoms with E-state index in [1.165, 1.54) is 0 Å². The van der Waals surface area contributed by atoms with Crippen molar-refractivity contribution in [1.29, 1.82) is 0 Å². The maximum atomic E-state index is 12.1. The molecule has 1 amide bonds. The summed E-state index contributed by atoms with van der Waals surface area (Å²) in [6.45, 7) is 2.86. The Hall–Kier alpha value is -1.16. The number of anilines is 1. The fraction of sp³-hybridized carbons (Fsp3) is 0.333. The van der Waals surface area contributed by atoms with Crippen LogP contribution in [0.4, 0.5) is 5.69 Å². The lowest BCUT2D eigenvalue weighted by molar-refractivity contribution is -0.116. The molecule has 6 nitrogen and oxygen atoms in total. The van der Waals surface area contributed by atoms with Crippen LogP contribution in [0.3, 0.4) is 0 Å². The number of guanidine groups is 1. The van der Waals surface area contributed by atoms with Crippen LogP contribution in [0.15, 0.2) is 29.3 Å². The predicted octanol–water partition coefficient (Wildman–Crippen LogP) is 4.61. The molecule has 2 rings (SSSR count). The topological polar surface area (TPSA) is 70.4 Å². The molecule has 0 aliphatic rings. The predicted molar refractivity (Wildman–Crippen MR) is 128 cm³/mol. The summed E-state index contributed by atoms with van der Waals surface area (Å²) in [5.74, 6) is 0.439. The Balaban J connectivity index is 0.00000392. The van der Waals surface area contributed by atoms with Gasteiger partial charge in [0.2, 0.25) is 5.91 Å². The van der Waals surface area contributed by atoms with Gasteiger partial charge in [-0.15, -0.1) is 24.0 Å². The van der Waals surface area contributed by atoms with Gasteiger partial charge in [0, 0.05) is 32.8 Å². The van der Waals surface area contributed by atoms with Gasteiger partial charge in [0.05, 0.1) is 22.3 Å². The monoisotopic (exact) mass is 557 g/mol. The quantitative estimate of drug-likeness (QED) is 0.276. The number of aromatic nitrogens is 1. The highest BCUT2D eigenvalue weighted by Gasteiger charge is 2.10. The molecule has 0 aliphatic heterocycles. The number of carbonyl (C=O) groups is 1. The van der Waals surface area contributed by atoms with E-state index in [0.29, 0.717) is 39.9 Å². The first-order valence-corrected chi connectivity index (χ1v) is 9.45. The van der Waals surface area contributed by atoms with E-state index in [0.717, 1.165) is 11.3 Å². The number of aryl methyl sites for hydroxylation is 1. The van der Waals surface area contributed by atoms with Crippen LogP contribution in [0.1, 0.15) is 17.7 Å². The van der Waals surface area contributed by atoms with Crippen LogP contribution in [0.25, 0.3) is 0 Å². The molecule has 28 heavy (non-hydrogen) atoms. The van der Waals surface area contributed by atoms with Crippen molar-refractivity contribution in [2.24, 2.45) is 12.0 Å². The minimum absolute atomic E-state index is 0. The number of aliphatic imine (C=N–C) groups is 1. The fourth-order valence-electron chi connectivity index (χ4n) is 2.38. The van der Waals surface area contributed by atoms with E-state index in [-0.39, 0.29) is 36.3 Å². The normalized spacial score (nSPS) is 11.0. The second kappa shape index (κ2) is 11.7. The largest absolute Gasteiger partial charge is 0.356 e. The van der Waals surface area contributed by atoms with Gasteiger partial charge in [-0.05, 0) is 30.7 Å². The second-order valence-corrected chi connectivity index (χ2v) is 7.14. The summed E-state index contributed by atoms with van der Waals surface area (Å²) >= 11 is 18.2. The van der Waals surface area contributed by atoms with Gasteiger partial charge >= 0.3 is 0 Å². The number of halogens is 4. The van der Waals surface area contributed by atoms with Gasteiger partial charge < -0.3 is 20.5 Å². The van der Waals surface area contributed by atoms with E-state index in [9.17, 15) is 4.79 Å². The highest BCUT2D eigenvalue weighted by Crippen LogP contribution is 2.25. The molecule has 1 heterocycles. The van der Waals surface area contributed by atoms with Crippen molar-refractivity contribution < 1.29 is 4.79 Å². The zero-order chi connectivity index (χ0) is 20.0. The Morgan fingerprint density at radius 3 is 2.43 bits per heavy atom. The van der Waals surface area contributed by atoms with Crippen LogP contribution in [-0.2, 0) is 18.4 Å². The number of amides is 1. The number of rotatable bonds is 6. The molecule has 0 aliphatic carbocycles. The third-order valence-electron chi connectivity index (χ3n) is 3.92. The number of hydrogen-bond donors (Lipinski definition) is 3. The molecular formula is C18H23Cl3IN5O. The molecule has 0 radical (unpaired) electrons. The Labute approximate surface area is 197 Å². The van der Waals surface area contributed by atoms with E-state index in [2.05, 4.69) is 20.9 Å². The van der Waals surface area contributed by atoms with E-state index >= 15 is 0 Å². The van der Waals surface area contributed by atoms with Gasteiger partial charge in [-0.3, -0.25) is 9.79 Å². The standard InChI is InChI=1S/C18H22Cl3N5O.HI/c1-11-4-5-15(13(19)8-11)25-16(27)6-7-23-18(22-2)24-10-12-9-14(20)17(21)26(12)3;/h4-5,8-9H,6-7,10H2,1-3H3,(H,25,27)(H2,22,23,24);1H. The highest BCUT2D eigenvalue weighted by molar-refractivity contribution is 14.0. The third-order valence-corrected chi connectivity index (χ3v) is 5.07. The van der Waals surface area contributed by atoms with Crippen molar-refractivity contribution in [3.05, 3.63) is 50.7 Å². The molecule has 0 saturated heterocycles. The first-order valence-electron chi connectivity index (χ1n) is 8.32. The van der Waals surface area contributed by atoms with Crippen LogP contribution < -0.4 is 16.0 Å². The molecule has 2 aromatic rings. The fourth-order valence-corrected chi connectivity index (χ4v) is 3.08. The molecule has 1 aromatic carbocycles. The Morgan fingerprint density at radius 1 is 1.14 bits per heavy atom. The van der Waals surface area contributed by atoms with Gasteiger partial charge in [0.25, 0.3) is 0 Å². The molecule has 10 heteroatoms. The summed E-state index contributed by atoms with van der Waals surface area (Å²) in [6, 6.07) is 7.29. The molecule has 0 spiro atoms. The average Bonchev–Trinajstić information content (AvgIpc) is 2.87. The SMILES string of the molecule is CN=C(NCCC(=O)Nc1ccc(C)cc1Cl)NCc1cc(Cl)c(Cl)n1C.I. The summed E-state index contributed by atoms with van der Waals surface area (Å²) < 4.78 is 1.79. The zero-order valence-electron chi connectivity index (χ0n) is 15.8. The van der Waals surface area contributed by atoms with E-state index < -0.39 is 0 Å². The van der Waals surface area contributed by atoms with Crippen molar-refractivity contribution in [2.75, 3.05) is 18.9 Å². The molecule has 0 bridgehead atoms. The molecule has 154 valence electrons. The molecule has 0 unspecified atom stereocenters. The average molecular weight is 559 g/mol. The number of benzene rings is 1. The number of nitrogens with one attached hydrogen (secondary N) is 3. The van der Waals surface area contributed by atoms with Crippen molar-refractivity contribution in [3.8, 4) is 0 Å². The van der Waals surface area contributed by atoms with Crippen molar-refractivity contribution in [1.82, 2.24) is 15.2 Å². The molecule has 1 aromatic heterocycles. The molecule has 0 atom stereocenters. The van der Waals surface area contributed by atoms with E-state index in [1.54, 1.807) is 23.7 Å². The lowest BCUT2D eigenvalue weighted by atomic mass is 10.2. The summed E-state index contributed by atoms with van der Waals surface area (Å²) in [5.41, 5.74) is 2.56. The molecule has 3 N–H and O–H groups in total. The van der Waals surface area contributed by atoms with Gasteiger partial charge in [-0.25, -0.2) is 0 Å². The highest BCUT2D eigenvalue weighted by atomic mass is 127. The van der Waals surface area contributed by atoms with Crippen LogP contribution in [0.5, 0.6) is 0 Å². The van der Waals surface area contributed by atoms with Crippen LogP contribution >= 0.6 is 58.8 Å². The number of carbonyl (C=O) groups excluding carboxylic acids is 1. The van der Waals surface area contributed by atoms with E-state index in [4.69, 9.17) is 34.8 Å². The molecule has 0 saturated carbocycles. The smallest absolute Gasteiger partial charge is 0.226 e. The summed E-state index contributed by atoms with van der Waals surface area (Å²) in [7, 11) is 3.49. The van der Waals surface area contributed by atoms with Gasteiger partial charge in [-0.2, -0.15) is 0 Å². The Bertz CT molecular complexity index is 854.